The van der Waals surface area contributed by atoms with E-state index in [4.69, 9.17) is 16.6 Å². The molecule has 1 aromatic heterocycles. The first-order chi connectivity index (χ1) is 19.1. The Kier molecular flexibility index (Phi) is 13.3. The number of benzene rings is 1. The molecule has 0 saturated heterocycles. The van der Waals surface area contributed by atoms with E-state index in [2.05, 4.69) is 25.9 Å². The average molecular weight is 560 g/mol. The van der Waals surface area contributed by atoms with E-state index in [-0.39, 0.29) is 19.3 Å². The molecule has 0 spiro atoms. The van der Waals surface area contributed by atoms with Crippen LogP contribution < -0.4 is 27.4 Å². The molecule has 2 aromatic rings. The van der Waals surface area contributed by atoms with Crippen molar-refractivity contribution in [2.45, 2.75) is 69.1 Å². The van der Waals surface area contributed by atoms with Crippen molar-refractivity contribution < 1.29 is 34.2 Å². The van der Waals surface area contributed by atoms with Crippen molar-refractivity contribution in [1.29, 1.82) is 0 Å². The number of unbranched alkanes of at least 4 members (excludes halogenated alkanes) is 1. The minimum atomic E-state index is -1.48. The zero-order valence-electron chi connectivity index (χ0n) is 22.0. The molecule has 1 heterocycles. The third-order valence-corrected chi connectivity index (χ3v) is 6.09. The van der Waals surface area contributed by atoms with Gasteiger partial charge in [0.15, 0.2) is 0 Å². The Morgan fingerprint density at radius 3 is 2.05 bits per heavy atom. The van der Waals surface area contributed by atoms with Crippen LogP contribution in [0.4, 0.5) is 0 Å². The van der Waals surface area contributed by atoms with Crippen molar-refractivity contribution >= 4 is 29.7 Å². The number of H-pyrrole nitrogens is 1. The number of aliphatic carboxylic acids is 2. The van der Waals surface area contributed by atoms with E-state index in [0.717, 1.165) is 0 Å². The molecule has 2 rings (SSSR count). The molecule has 4 atom stereocenters. The van der Waals surface area contributed by atoms with Gasteiger partial charge in [-0.25, -0.2) is 9.78 Å². The normalized spacial score (nSPS) is 13.8. The van der Waals surface area contributed by atoms with E-state index in [1.807, 2.05) is 0 Å². The second kappa shape index (κ2) is 16.6. The third-order valence-electron chi connectivity index (χ3n) is 6.09. The van der Waals surface area contributed by atoms with Crippen molar-refractivity contribution in [3.05, 3.63) is 54.1 Å². The molecule has 0 aliphatic rings. The Bertz CT molecular complexity index is 1110. The second-order valence-electron chi connectivity index (χ2n) is 9.32. The second-order valence-corrected chi connectivity index (χ2v) is 9.32. The topological polar surface area (TPSA) is 243 Å². The van der Waals surface area contributed by atoms with Crippen molar-refractivity contribution in [3.8, 4) is 0 Å². The lowest BCUT2D eigenvalue weighted by Gasteiger charge is -2.25. The van der Waals surface area contributed by atoms with Gasteiger partial charge in [0.25, 0.3) is 0 Å². The smallest absolute Gasteiger partial charge is 0.326 e. The molecule has 14 heteroatoms. The molecule has 0 aliphatic carbocycles. The molecule has 14 nitrogen and oxygen atoms in total. The Morgan fingerprint density at radius 2 is 1.48 bits per heavy atom. The quantitative estimate of drug-likeness (QED) is 0.104. The molecule has 0 radical (unpaired) electrons. The fourth-order valence-electron chi connectivity index (χ4n) is 3.87. The van der Waals surface area contributed by atoms with E-state index >= 15 is 0 Å². The van der Waals surface area contributed by atoms with Gasteiger partial charge in [0, 0.05) is 31.2 Å². The van der Waals surface area contributed by atoms with Gasteiger partial charge >= 0.3 is 11.9 Å². The number of hydrogen-bond donors (Lipinski definition) is 8. The molecular formula is C26H37N7O7. The minimum Gasteiger partial charge on any atom is -0.481 e. The summed E-state index contributed by atoms with van der Waals surface area (Å²) in [6.45, 7) is 0.461. The lowest BCUT2D eigenvalue weighted by atomic mass is 10.0. The Balaban J connectivity index is 2.23. The first-order valence-corrected chi connectivity index (χ1v) is 12.9. The SMILES string of the molecule is NCCCCC(N)C(=O)NC(Cc1cnc[nH]1)C(=O)NC(Cc1ccccc1)C(=O)NC(CCC(=O)O)C(=O)O. The van der Waals surface area contributed by atoms with Crippen LogP contribution in [-0.4, -0.2) is 80.6 Å². The molecule has 4 unspecified atom stereocenters. The van der Waals surface area contributed by atoms with Gasteiger partial charge in [0.2, 0.25) is 17.7 Å². The molecule has 40 heavy (non-hydrogen) atoms. The number of aromatic amines is 1. The molecule has 3 amide bonds. The maximum atomic E-state index is 13.4. The van der Waals surface area contributed by atoms with Crippen LogP contribution >= 0.6 is 0 Å². The summed E-state index contributed by atoms with van der Waals surface area (Å²) in [4.78, 5) is 68.8. The van der Waals surface area contributed by atoms with Crippen LogP contribution in [0.1, 0.15) is 43.4 Å². The monoisotopic (exact) mass is 559 g/mol. The highest BCUT2D eigenvalue weighted by atomic mass is 16.4. The van der Waals surface area contributed by atoms with Crippen LogP contribution in [-0.2, 0) is 36.8 Å². The fraction of sp³-hybridized carbons (Fsp3) is 0.462. The predicted octanol–water partition coefficient (Wildman–Crippen LogP) is -0.945. The van der Waals surface area contributed by atoms with Crippen LogP contribution in [0.15, 0.2) is 42.9 Å². The zero-order valence-corrected chi connectivity index (χ0v) is 22.0. The maximum absolute atomic E-state index is 13.4. The van der Waals surface area contributed by atoms with Crippen LogP contribution in [0.3, 0.4) is 0 Å². The van der Waals surface area contributed by atoms with E-state index in [1.165, 1.54) is 12.5 Å². The van der Waals surface area contributed by atoms with Crippen molar-refractivity contribution in [2.24, 2.45) is 11.5 Å². The number of carbonyl (C=O) groups excluding carboxylic acids is 3. The number of aromatic nitrogens is 2. The fourth-order valence-corrected chi connectivity index (χ4v) is 3.87. The number of carboxylic acid groups (broad SMARTS) is 2. The number of nitrogens with zero attached hydrogens (tertiary/aromatic N) is 1. The molecule has 0 bridgehead atoms. The Hall–Kier alpha value is -4.30. The lowest BCUT2D eigenvalue weighted by molar-refractivity contribution is -0.143. The molecule has 1 aromatic carbocycles. The van der Waals surface area contributed by atoms with Crippen molar-refractivity contribution in [1.82, 2.24) is 25.9 Å². The number of hydrogen-bond acceptors (Lipinski definition) is 8. The number of carboxylic acids is 2. The number of nitrogens with one attached hydrogen (secondary N) is 4. The number of nitrogens with two attached hydrogens (primary N) is 2. The van der Waals surface area contributed by atoms with Crippen molar-refractivity contribution in [3.63, 3.8) is 0 Å². The van der Waals surface area contributed by atoms with Gasteiger partial charge in [-0.2, -0.15) is 0 Å². The van der Waals surface area contributed by atoms with Gasteiger partial charge in [-0.3, -0.25) is 19.2 Å². The van der Waals surface area contributed by atoms with Crippen LogP contribution in [0, 0.1) is 0 Å². The van der Waals surface area contributed by atoms with Crippen LogP contribution in [0.2, 0.25) is 0 Å². The standard InChI is InChI=1S/C26H37N7O7/c27-11-5-4-8-18(28)23(36)32-21(13-17-14-29-15-30-17)25(38)33-20(12-16-6-2-1-3-7-16)24(37)31-19(26(39)40)9-10-22(34)35/h1-3,6-7,14-15,18-21H,4-5,8-13,27-28H2,(H,29,30)(H,31,37)(H,32,36)(H,33,38)(H,34,35)(H,39,40). The molecule has 0 saturated carbocycles. The summed E-state index contributed by atoms with van der Waals surface area (Å²) in [5.74, 6) is -4.70. The largest absolute Gasteiger partial charge is 0.481 e. The van der Waals surface area contributed by atoms with Gasteiger partial charge in [-0.15, -0.1) is 0 Å². The third kappa shape index (κ3) is 11.2. The highest BCUT2D eigenvalue weighted by molar-refractivity contribution is 5.94. The van der Waals surface area contributed by atoms with Crippen LogP contribution in [0.25, 0.3) is 0 Å². The van der Waals surface area contributed by atoms with E-state index in [9.17, 15) is 29.1 Å². The van der Waals surface area contributed by atoms with E-state index < -0.39 is 60.2 Å². The highest BCUT2D eigenvalue weighted by Gasteiger charge is 2.31. The summed E-state index contributed by atoms with van der Waals surface area (Å²) in [6.07, 6.45) is 3.80. The molecule has 10 N–H and O–H groups in total. The maximum Gasteiger partial charge on any atom is 0.326 e. The summed E-state index contributed by atoms with van der Waals surface area (Å²) >= 11 is 0. The molecule has 0 fully saturated rings. The number of amides is 3. The summed E-state index contributed by atoms with van der Waals surface area (Å²) < 4.78 is 0. The van der Waals surface area contributed by atoms with E-state index in [0.29, 0.717) is 37.1 Å². The summed E-state index contributed by atoms with van der Waals surface area (Å²) in [7, 11) is 0. The molecule has 218 valence electrons. The average Bonchev–Trinajstić information content (AvgIpc) is 3.43. The number of rotatable bonds is 18. The van der Waals surface area contributed by atoms with Gasteiger partial charge in [0.1, 0.15) is 18.1 Å². The van der Waals surface area contributed by atoms with Gasteiger partial charge in [-0.05, 0) is 31.4 Å². The summed E-state index contributed by atoms with van der Waals surface area (Å²) in [5.41, 5.74) is 12.7. The van der Waals surface area contributed by atoms with Gasteiger partial charge in [-0.1, -0.05) is 36.8 Å². The number of imidazole rings is 1. The molecule has 0 aliphatic heterocycles. The minimum absolute atomic E-state index is 0.00695. The van der Waals surface area contributed by atoms with Gasteiger partial charge < -0.3 is 42.6 Å². The Labute approximate surface area is 231 Å². The van der Waals surface area contributed by atoms with Crippen molar-refractivity contribution in [2.75, 3.05) is 6.54 Å². The Morgan fingerprint density at radius 1 is 0.850 bits per heavy atom. The van der Waals surface area contributed by atoms with E-state index in [1.54, 1.807) is 30.3 Å². The summed E-state index contributed by atoms with van der Waals surface area (Å²) in [6, 6.07) is 3.99. The molecular weight excluding hydrogens is 522 g/mol. The first kappa shape index (κ1) is 31.9. The summed E-state index contributed by atoms with van der Waals surface area (Å²) in [5, 5.41) is 26.0. The zero-order chi connectivity index (χ0) is 29.5. The van der Waals surface area contributed by atoms with Crippen LogP contribution in [0.5, 0.6) is 0 Å². The predicted molar refractivity (Wildman–Crippen MR) is 144 cm³/mol. The first-order valence-electron chi connectivity index (χ1n) is 12.9. The van der Waals surface area contributed by atoms with Gasteiger partial charge in [0.05, 0.1) is 12.4 Å². The highest BCUT2D eigenvalue weighted by Crippen LogP contribution is 2.08. The lowest BCUT2D eigenvalue weighted by Crippen LogP contribution is -2.58. The number of carbonyl (C=O) groups is 5.